The van der Waals surface area contributed by atoms with Gasteiger partial charge in [0.05, 0.1) is 0 Å². The van der Waals surface area contributed by atoms with Crippen LogP contribution in [0.25, 0.3) is 0 Å². The fourth-order valence-corrected chi connectivity index (χ4v) is 2.53. The molecule has 1 aliphatic heterocycles. The molecular formula is C10H15N3O2S. The van der Waals surface area contributed by atoms with Crippen LogP contribution in [0.3, 0.4) is 0 Å². The molecule has 0 saturated heterocycles. The zero-order chi connectivity index (χ0) is 11.6. The second kappa shape index (κ2) is 4.40. The Bertz CT molecular complexity index is 473. The van der Waals surface area contributed by atoms with Crippen molar-refractivity contribution in [3.63, 3.8) is 0 Å². The Labute approximate surface area is 95.4 Å². The fraction of sp³-hybridized carbons (Fsp3) is 0.400. The quantitative estimate of drug-likeness (QED) is 0.702. The number of benzene rings is 1. The van der Waals surface area contributed by atoms with Gasteiger partial charge >= 0.3 is 0 Å². The standard InChI is InChI=1S/C10H15N3O2S/c1-11-16(14,15)13-9-6-8-4-2-3-5-10(8)12-7-9/h2-5,9,11-13H,6-7H2,1H3. The van der Waals surface area contributed by atoms with E-state index in [1.54, 1.807) is 0 Å². The Morgan fingerprint density at radius 2 is 2.12 bits per heavy atom. The first kappa shape index (κ1) is 11.4. The summed E-state index contributed by atoms with van der Waals surface area (Å²) in [7, 11) is -1.97. The van der Waals surface area contributed by atoms with Crippen molar-refractivity contribution >= 4 is 15.9 Å². The highest BCUT2D eigenvalue weighted by Crippen LogP contribution is 2.21. The predicted molar refractivity (Wildman–Crippen MR) is 63.5 cm³/mol. The molecule has 5 nitrogen and oxygen atoms in total. The van der Waals surface area contributed by atoms with Crippen LogP contribution in [0, 0.1) is 0 Å². The molecule has 1 unspecified atom stereocenters. The van der Waals surface area contributed by atoms with E-state index in [-0.39, 0.29) is 6.04 Å². The van der Waals surface area contributed by atoms with Gasteiger partial charge in [0, 0.05) is 25.3 Å². The van der Waals surface area contributed by atoms with E-state index in [2.05, 4.69) is 14.8 Å². The number of fused-ring (bicyclic) bond motifs is 1. The minimum Gasteiger partial charge on any atom is -0.383 e. The first-order valence-corrected chi connectivity index (χ1v) is 6.61. The maximum Gasteiger partial charge on any atom is 0.276 e. The predicted octanol–water partition coefficient (Wildman–Crippen LogP) is 0.0770. The summed E-state index contributed by atoms with van der Waals surface area (Å²) in [4.78, 5) is 0. The van der Waals surface area contributed by atoms with E-state index in [4.69, 9.17) is 0 Å². The summed E-state index contributed by atoms with van der Waals surface area (Å²) in [6.45, 7) is 0.609. The third-order valence-corrected chi connectivity index (χ3v) is 3.79. The molecule has 16 heavy (non-hydrogen) atoms. The summed E-state index contributed by atoms with van der Waals surface area (Å²) in [5, 5.41) is 3.20. The molecule has 1 aromatic carbocycles. The van der Waals surface area contributed by atoms with Crippen LogP contribution in [0.5, 0.6) is 0 Å². The molecular weight excluding hydrogens is 226 g/mol. The van der Waals surface area contributed by atoms with Gasteiger partial charge in [-0.2, -0.15) is 13.1 Å². The lowest BCUT2D eigenvalue weighted by molar-refractivity contribution is 0.541. The van der Waals surface area contributed by atoms with Gasteiger partial charge in [-0.05, 0) is 18.1 Å². The molecule has 3 N–H and O–H groups in total. The molecule has 88 valence electrons. The fourth-order valence-electron chi connectivity index (χ4n) is 1.80. The first-order valence-electron chi connectivity index (χ1n) is 5.13. The average molecular weight is 241 g/mol. The number of anilines is 1. The van der Waals surface area contributed by atoms with Gasteiger partial charge in [0.2, 0.25) is 0 Å². The summed E-state index contributed by atoms with van der Waals surface area (Å²) in [5.74, 6) is 0. The van der Waals surface area contributed by atoms with Crippen molar-refractivity contribution in [2.24, 2.45) is 0 Å². The van der Waals surface area contributed by atoms with Gasteiger partial charge in [0.15, 0.2) is 0 Å². The van der Waals surface area contributed by atoms with E-state index in [9.17, 15) is 8.42 Å². The third-order valence-electron chi connectivity index (χ3n) is 2.61. The number of hydrogen-bond acceptors (Lipinski definition) is 3. The molecule has 0 aliphatic carbocycles. The zero-order valence-electron chi connectivity index (χ0n) is 9.03. The van der Waals surface area contributed by atoms with Gasteiger partial charge in [-0.15, -0.1) is 0 Å². The topological polar surface area (TPSA) is 70.2 Å². The van der Waals surface area contributed by atoms with E-state index in [1.165, 1.54) is 7.05 Å². The van der Waals surface area contributed by atoms with Crippen LogP contribution in [0.15, 0.2) is 24.3 Å². The molecule has 0 aromatic heterocycles. The molecule has 2 rings (SSSR count). The van der Waals surface area contributed by atoms with E-state index < -0.39 is 10.2 Å². The normalized spacial score (nSPS) is 19.9. The Hall–Kier alpha value is -1.11. The molecule has 0 spiro atoms. The Balaban J connectivity index is 2.09. The van der Waals surface area contributed by atoms with Crippen LogP contribution in [0.2, 0.25) is 0 Å². The molecule has 0 saturated carbocycles. The lowest BCUT2D eigenvalue weighted by atomic mass is 10.0. The molecule has 1 atom stereocenters. The van der Waals surface area contributed by atoms with Crippen molar-refractivity contribution in [3.05, 3.63) is 29.8 Å². The maximum atomic E-state index is 11.3. The minimum atomic E-state index is -3.36. The molecule has 0 amide bonds. The van der Waals surface area contributed by atoms with Crippen molar-refractivity contribution in [2.75, 3.05) is 18.9 Å². The van der Waals surface area contributed by atoms with Crippen LogP contribution in [-0.4, -0.2) is 28.1 Å². The van der Waals surface area contributed by atoms with Crippen LogP contribution in [0.4, 0.5) is 5.69 Å². The summed E-state index contributed by atoms with van der Waals surface area (Å²) in [5.41, 5.74) is 2.22. The average Bonchev–Trinajstić information content (AvgIpc) is 2.28. The highest BCUT2D eigenvalue weighted by molar-refractivity contribution is 7.87. The molecule has 1 heterocycles. The van der Waals surface area contributed by atoms with Gasteiger partial charge in [0.25, 0.3) is 10.2 Å². The number of nitrogens with one attached hydrogen (secondary N) is 3. The largest absolute Gasteiger partial charge is 0.383 e. The molecule has 1 aromatic rings. The van der Waals surface area contributed by atoms with Crippen molar-refractivity contribution in [3.8, 4) is 0 Å². The summed E-state index contributed by atoms with van der Waals surface area (Å²) < 4.78 is 27.5. The van der Waals surface area contributed by atoms with E-state index in [1.807, 2.05) is 24.3 Å². The van der Waals surface area contributed by atoms with Crippen molar-refractivity contribution in [1.82, 2.24) is 9.44 Å². The molecule has 1 aliphatic rings. The maximum absolute atomic E-state index is 11.3. The van der Waals surface area contributed by atoms with Gasteiger partial charge in [-0.25, -0.2) is 4.72 Å². The van der Waals surface area contributed by atoms with E-state index >= 15 is 0 Å². The molecule has 0 fully saturated rings. The second-order valence-electron chi connectivity index (χ2n) is 3.76. The first-order chi connectivity index (χ1) is 7.61. The van der Waals surface area contributed by atoms with Crippen molar-refractivity contribution in [1.29, 1.82) is 0 Å². The van der Waals surface area contributed by atoms with Crippen molar-refractivity contribution < 1.29 is 8.42 Å². The van der Waals surface area contributed by atoms with Crippen LogP contribution in [0.1, 0.15) is 5.56 Å². The Morgan fingerprint density at radius 3 is 2.88 bits per heavy atom. The van der Waals surface area contributed by atoms with E-state index in [0.717, 1.165) is 11.3 Å². The van der Waals surface area contributed by atoms with Gasteiger partial charge in [-0.3, -0.25) is 0 Å². The van der Waals surface area contributed by atoms with Gasteiger partial charge in [0.1, 0.15) is 0 Å². The van der Waals surface area contributed by atoms with Gasteiger partial charge in [-0.1, -0.05) is 18.2 Å². The van der Waals surface area contributed by atoms with Crippen LogP contribution < -0.4 is 14.8 Å². The van der Waals surface area contributed by atoms with Crippen LogP contribution in [-0.2, 0) is 16.6 Å². The lowest BCUT2D eigenvalue weighted by Crippen LogP contribution is -2.47. The molecule has 0 bridgehead atoms. The summed E-state index contributed by atoms with van der Waals surface area (Å²) in [6, 6.07) is 7.81. The summed E-state index contributed by atoms with van der Waals surface area (Å²) in [6.07, 6.45) is 0.712. The second-order valence-corrected chi connectivity index (χ2v) is 5.42. The smallest absolute Gasteiger partial charge is 0.276 e. The lowest BCUT2D eigenvalue weighted by Gasteiger charge is -2.26. The summed E-state index contributed by atoms with van der Waals surface area (Å²) >= 11 is 0. The van der Waals surface area contributed by atoms with Gasteiger partial charge < -0.3 is 5.32 Å². The SMILES string of the molecule is CNS(=O)(=O)NC1CNc2ccccc2C1. The molecule has 0 radical (unpaired) electrons. The Morgan fingerprint density at radius 1 is 1.38 bits per heavy atom. The number of hydrogen-bond donors (Lipinski definition) is 3. The highest BCUT2D eigenvalue weighted by Gasteiger charge is 2.21. The van der Waals surface area contributed by atoms with Crippen molar-refractivity contribution in [2.45, 2.75) is 12.5 Å². The Kier molecular flexibility index (Phi) is 3.13. The molecule has 6 heteroatoms. The third kappa shape index (κ3) is 2.52. The monoisotopic (exact) mass is 241 g/mol. The number of para-hydroxylation sites is 1. The zero-order valence-corrected chi connectivity index (χ0v) is 9.84. The van der Waals surface area contributed by atoms with E-state index in [0.29, 0.717) is 13.0 Å². The highest BCUT2D eigenvalue weighted by atomic mass is 32.2. The van der Waals surface area contributed by atoms with Crippen LogP contribution >= 0.6 is 0 Å². The number of rotatable bonds is 3. The minimum absolute atomic E-state index is 0.104.